The Kier molecular flexibility index (Phi) is 6.68. The van der Waals surface area contributed by atoms with E-state index in [1.165, 1.54) is 10.4 Å². The van der Waals surface area contributed by atoms with Crippen LogP contribution >= 0.6 is 11.3 Å². The minimum Gasteiger partial charge on any atom is -0.487 e. The summed E-state index contributed by atoms with van der Waals surface area (Å²) in [5, 5.41) is 6.37. The molecule has 0 N–H and O–H groups in total. The highest BCUT2D eigenvalue weighted by atomic mass is 32.1. The van der Waals surface area contributed by atoms with Gasteiger partial charge in [-0.2, -0.15) is 0 Å². The van der Waals surface area contributed by atoms with Gasteiger partial charge in [0.15, 0.2) is 0 Å². The third kappa shape index (κ3) is 4.33. The average Bonchev–Trinajstić information content (AvgIpc) is 3.38. The summed E-state index contributed by atoms with van der Waals surface area (Å²) in [5.74, 6) is 0.785. The number of nitrogens with zero attached hydrogens (tertiary/aromatic N) is 4. The second-order valence-electron chi connectivity index (χ2n) is 9.87. The van der Waals surface area contributed by atoms with Crippen LogP contribution in [0.3, 0.4) is 0 Å². The van der Waals surface area contributed by atoms with Gasteiger partial charge in [-0.15, -0.1) is 11.3 Å². The molecule has 4 aromatic rings. The van der Waals surface area contributed by atoms with E-state index < -0.39 is 14.4 Å². The molecular formula is C28H28N4O2SSi. The van der Waals surface area contributed by atoms with Crippen molar-refractivity contribution in [3.63, 3.8) is 0 Å². The molecule has 5 rings (SSSR count). The number of hydrogen-bond donors (Lipinski definition) is 0. The van der Waals surface area contributed by atoms with E-state index in [-0.39, 0.29) is 11.6 Å². The lowest BCUT2D eigenvalue weighted by Gasteiger charge is -2.43. The molecule has 0 fully saturated rings. The zero-order valence-corrected chi connectivity index (χ0v) is 22.4. The smallest absolute Gasteiger partial charge is 0.261 e. The molecule has 3 aromatic carbocycles. The molecule has 0 aliphatic carbocycles. The Labute approximate surface area is 216 Å². The van der Waals surface area contributed by atoms with Gasteiger partial charge in [0.2, 0.25) is 0 Å². The van der Waals surface area contributed by atoms with Crippen LogP contribution in [0.25, 0.3) is 20.9 Å². The van der Waals surface area contributed by atoms with E-state index >= 15 is 0 Å². The summed E-state index contributed by atoms with van der Waals surface area (Å²) < 4.78 is 13.0. The van der Waals surface area contributed by atoms with Crippen LogP contribution in [0.5, 0.6) is 5.75 Å². The molecule has 1 atom stereocenters. The Bertz CT molecular complexity index is 1360. The monoisotopic (exact) mass is 512 g/mol. The van der Waals surface area contributed by atoms with Crippen LogP contribution in [0.15, 0.2) is 89.5 Å². The maximum Gasteiger partial charge on any atom is 0.261 e. The summed E-state index contributed by atoms with van der Waals surface area (Å²) in [6.07, 6.45) is 0. The highest BCUT2D eigenvalue weighted by Crippen LogP contribution is 2.42. The first-order valence-electron chi connectivity index (χ1n) is 11.9. The van der Waals surface area contributed by atoms with Crippen molar-refractivity contribution in [1.82, 2.24) is 4.98 Å². The van der Waals surface area contributed by atoms with Crippen molar-refractivity contribution in [2.24, 2.45) is 5.11 Å². The van der Waals surface area contributed by atoms with Gasteiger partial charge in [0.05, 0.1) is 22.1 Å². The molecule has 0 spiro atoms. The van der Waals surface area contributed by atoms with Gasteiger partial charge in [-0.3, -0.25) is 0 Å². The number of ether oxygens (including phenoxy) is 1. The molecule has 1 aromatic heterocycles. The normalized spacial score (nSPS) is 13.6. The standard InChI is InChI=1S/C28H28N4O2SSi/c1-28(2,3)36(21-10-6-4-7-11-21,22-12-8-5-9-13-22)34-18-24(31-32-29)20-14-15-23-26(16-20)33-17-25-27(23)35-19-30-25/h4-16,19,24H,17-18H2,1-3H3. The lowest BCUT2D eigenvalue weighted by Crippen LogP contribution is -2.66. The van der Waals surface area contributed by atoms with Crippen LogP contribution < -0.4 is 15.1 Å². The molecule has 0 bridgehead atoms. The molecule has 0 radical (unpaired) electrons. The van der Waals surface area contributed by atoms with Gasteiger partial charge >= 0.3 is 0 Å². The first-order chi connectivity index (χ1) is 17.4. The predicted molar refractivity (Wildman–Crippen MR) is 147 cm³/mol. The van der Waals surface area contributed by atoms with Gasteiger partial charge in [0.1, 0.15) is 12.4 Å². The van der Waals surface area contributed by atoms with Crippen LogP contribution in [-0.2, 0) is 11.0 Å². The van der Waals surface area contributed by atoms with Crippen molar-refractivity contribution >= 4 is 30.0 Å². The van der Waals surface area contributed by atoms with Gasteiger partial charge in [-0.25, -0.2) is 4.98 Å². The molecule has 2 heterocycles. The zero-order chi connectivity index (χ0) is 25.2. The fraction of sp³-hybridized carbons (Fsp3) is 0.250. The quantitative estimate of drug-likeness (QED) is 0.121. The number of fused-ring (bicyclic) bond motifs is 3. The minimum atomic E-state index is -2.76. The van der Waals surface area contributed by atoms with E-state index in [4.69, 9.17) is 9.16 Å². The fourth-order valence-corrected chi connectivity index (χ4v) is 10.4. The van der Waals surface area contributed by atoms with Crippen LogP contribution in [0.1, 0.15) is 38.1 Å². The molecule has 182 valence electrons. The number of azide groups is 1. The maximum atomic E-state index is 9.44. The Morgan fingerprint density at radius 2 is 1.72 bits per heavy atom. The van der Waals surface area contributed by atoms with Crippen LogP contribution in [0, 0.1) is 0 Å². The van der Waals surface area contributed by atoms with E-state index in [2.05, 4.69) is 84.3 Å². The topological polar surface area (TPSA) is 80.1 Å². The summed E-state index contributed by atoms with van der Waals surface area (Å²) >= 11 is 1.61. The van der Waals surface area contributed by atoms with Gasteiger partial charge in [-0.1, -0.05) is 92.6 Å². The molecule has 0 amide bonds. The second-order valence-corrected chi connectivity index (χ2v) is 15.0. The summed E-state index contributed by atoms with van der Waals surface area (Å²) in [7, 11) is -2.76. The van der Waals surface area contributed by atoms with E-state index in [9.17, 15) is 5.53 Å². The third-order valence-corrected chi connectivity index (χ3v) is 12.6. The largest absolute Gasteiger partial charge is 0.487 e. The van der Waals surface area contributed by atoms with Crippen molar-refractivity contribution in [2.75, 3.05) is 6.61 Å². The van der Waals surface area contributed by atoms with Gasteiger partial charge in [0, 0.05) is 17.1 Å². The maximum absolute atomic E-state index is 9.44. The zero-order valence-electron chi connectivity index (χ0n) is 20.6. The summed E-state index contributed by atoms with van der Waals surface area (Å²) in [4.78, 5) is 8.69. The molecular weight excluding hydrogens is 484 g/mol. The van der Waals surface area contributed by atoms with Crippen molar-refractivity contribution in [2.45, 2.75) is 38.5 Å². The molecule has 0 saturated heterocycles. The summed E-state index contributed by atoms with van der Waals surface area (Å²) in [5.41, 5.74) is 14.1. The van der Waals surface area contributed by atoms with E-state index in [0.717, 1.165) is 27.4 Å². The Morgan fingerprint density at radius 1 is 1.06 bits per heavy atom. The highest BCUT2D eigenvalue weighted by Gasteiger charge is 2.50. The number of benzene rings is 3. The lowest BCUT2D eigenvalue weighted by molar-refractivity contribution is 0.271. The van der Waals surface area contributed by atoms with E-state index in [1.54, 1.807) is 11.3 Å². The Morgan fingerprint density at radius 3 is 2.33 bits per heavy atom. The Balaban J connectivity index is 1.54. The second kappa shape index (κ2) is 9.91. The SMILES string of the molecule is CC(C)(C)[Si](OCC(N=[N+]=[N-])c1ccc2c(c1)OCc1ncsc1-2)(c1ccccc1)c1ccccc1. The first-order valence-corrected chi connectivity index (χ1v) is 14.7. The fourth-order valence-electron chi connectivity index (χ4n) is 5.01. The number of thiazole rings is 1. The van der Waals surface area contributed by atoms with Crippen molar-refractivity contribution in [1.29, 1.82) is 0 Å². The number of aromatic nitrogens is 1. The molecule has 0 saturated carbocycles. The first kappa shape index (κ1) is 24.3. The summed E-state index contributed by atoms with van der Waals surface area (Å²) in [6, 6.07) is 26.5. The summed E-state index contributed by atoms with van der Waals surface area (Å²) in [6.45, 7) is 7.42. The molecule has 1 aliphatic rings. The molecule has 1 unspecified atom stereocenters. The molecule has 6 nitrogen and oxygen atoms in total. The van der Waals surface area contributed by atoms with Crippen LogP contribution in [0.2, 0.25) is 5.04 Å². The van der Waals surface area contributed by atoms with Crippen LogP contribution in [-0.4, -0.2) is 19.9 Å². The average molecular weight is 513 g/mol. The van der Waals surface area contributed by atoms with Gasteiger partial charge in [0.25, 0.3) is 8.32 Å². The van der Waals surface area contributed by atoms with Gasteiger partial charge in [-0.05, 0) is 38.6 Å². The molecule has 1 aliphatic heterocycles. The lowest BCUT2D eigenvalue weighted by atomic mass is 10.0. The minimum absolute atomic E-state index is 0.169. The van der Waals surface area contributed by atoms with Crippen molar-refractivity contribution in [3.8, 4) is 16.2 Å². The van der Waals surface area contributed by atoms with Crippen LogP contribution in [0.4, 0.5) is 0 Å². The highest BCUT2D eigenvalue weighted by molar-refractivity contribution is 7.13. The number of rotatable bonds is 7. The van der Waals surface area contributed by atoms with Gasteiger partial charge < -0.3 is 9.16 Å². The van der Waals surface area contributed by atoms with Crippen molar-refractivity contribution in [3.05, 3.63) is 106 Å². The van der Waals surface area contributed by atoms with Crippen molar-refractivity contribution < 1.29 is 9.16 Å². The Hall–Kier alpha value is -3.42. The molecule has 8 heteroatoms. The van der Waals surface area contributed by atoms with E-state index in [1.807, 2.05) is 35.8 Å². The predicted octanol–water partition coefficient (Wildman–Crippen LogP) is 6.63. The number of hydrogen-bond acceptors (Lipinski definition) is 5. The third-order valence-electron chi connectivity index (χ3n) is 6.71. The molecule has 36 heavy (non-hydrogen) atoms. The van der Waals surface area contributed by atoms with E-state index in [0.29, 0.717) is 6.61 Å².